The van der Waals surface area contributed by atoms with Crippen LogP contribution in [0.5, 0.6) is 5.75 Å². The van der Waals surface area contributed by atoms with Crippen LogP contribution in [0.1, 0.15) is 29.6 Å². The molecule has 0 radical (unpaired) electrons. The minimum Gasteiger partial charge on any atom is -0.496 e. The molecule has 8 nitrogen and oxygen atoms in total. The van der Waals surface area contributed by atoms with Crippen molar-refractivity contribution in [1.29, 1.82) is 0 Å². The van der Waals surface area contributed by atoms with Crippen molar-refractivity contribution < 1.29 is 19.2 Å². The molecular formula is C15H19N3O5. The third-order valence-corrected chi connectivity index (χ3v) is 3.72. The largest absolute Gasteiger partial charge is 0.496 e. The lowest BCUT2D eigenvalue weighted by molar-refractivity contribution is -0.384. The first-order valence-electron chi connectivity index (χ1n) is 7.41. The number of benzene rings is 1. The van der Waals surface area contributed by atoms with Crippen molar-refractivity contribution >= 4 is 17.5 Å². The number of methoxy groups -OCH3 is 1. The summed E-state index contributed by atoms with van der Waals surface area (Å²) in [5, 5.41) is 13.4. The van der Waals surface area contributed by atoms with E-state index in [1.165, 1.54) is 19.2 Å². The average molecular weight is 321 g/mol. The molecule has 1 saturated heterocycles. The number of likely N-dealkylation sites (tertiary alicyclic amines) is 1. The van der Waals surface area contributed by atoms with Gasteiger partial charge in [0.15, 0.2) is 0 Å². The van der Waals surface area contributed by atoms with Crippen molar-refractivity contribution in [3.63, 3.8) is 0 Å². The highest BCUT2D eigenvalue weighted by Gasteiger charge is 2.19. The molecule has 1 aliphatic rings. The molecule has 0 aliphatic carbocycles. The fourth-order valence-electron chi connectivity index (χ4n) is 2.49. The molecule has 1 aromatic carbocycles. The monoisotopic (exact) mass is 321 g/mol. The molecular weight excluding hydrogens is 302 g/mol. The van der Waals surface area contributed by atoms with Crippen LogP contribution in [-0.2, 0) is 4.79 Å². The van der Waals surface area contributed by atoms with Crippen molar-refractivity contribution in [2.75, 3.05) is 26.7 Å². The summed E-state index contributed by atoms with van der Waals surface area (Å²) in [5.74, 6) is -0.243. The quantitative estimate of drug-likeness (QED) is 0.629. The smallest absolute Gasteiger partial charge is 0.270 e. The fourth-order valence-corrected chi connectivity index (χ4v) is 2.49. The Morgan fingerprint density at radius 3 is 2.65 bits per heavy atom. The highest BCUT2D eigenvalue weighted by atomic mass is 16.6. The molecule has 0 unspecified atom stereocenters. The Hall–Kier alpha value is -2.64. The van der Waals surface area contributed by atoms with Gasteiger partial charge in [-0.2, -0.15) is 0 Å². The van der Waals surface area contributed by atoms with Gasteiger partial charge in [0.1, 0.15) is 5.75 Å². The molecule has 1 aliphatic heterocycles. The van der Waals surface area contributed by atoms with Crippen LogP contribution in [0.25, 0.3) is 0 Å². The molecule has 0 saturated carbocycles. The van der Waals surface area contributed by atoms with E-state index in [2.05, 4.69) is 5.32 Å². The zero-order chi connectivity index (χ0) is 16.8. The fraction of sp³-hybridized carbons (Fsp3) is 0.467. The van der Waals surface area contributed by atoms with Crippen molar-refractivity contribution in [2.45, 2.75) is 19.3 Å². The number of ether oxygens (including phenoxy) is 1. The SMILES string of the molecule is COc1ccc([N+](=O)[O-])cc1C(=O)NCCC(=O)N1CCCC1. The van der Waals surface area contributed by atoms with Crippen LogP contribution in [0.4, 0.5) is 5.69 Å². The van der Waals surface area contributed by atoms with Crippen molar-refractivity contribution in [3.8, 4) is 5.75 Å². The number of nitrogens with zero attached hydrogens (tertiary/aromatic N) is 2. The summed E-state index contributed by atoms with van der Waals surface area (Å²) >= 11 is 0. The number of hydrogen-bond acceptors (Lipinski definition) is 5. The molecule has 2 rings (SSSR count). The molecule has 1 N–H and O–H groups in total. The van der Waals surface area contributed by atoms with Gasteiger partial charge in [-0.3, -0.25) is 19.7 Å². The number of non-ortho nitro benzene ring substituents is 1. The second-order valence-electron chi connectivity index (χ2n) is 5.24. The Kier molecular flexibility index (Phi) is 5.51. The van der Waals surface area contributed by atoms with Crippen molar-refractivity contribution in [1.82, 2.24) is 10.2 Å². The molecule has 23 heavy (non-hydrogen) atoms. The predicted molar refractivity (Wildman–Crippen MR) is 82.4 cm³/mol. The number of carbonyl (C=O) groups excluding carboxylic acids is 2. The van der Waals surface area contributed by atoms with Gasteiger partial charge in [-0.25, -0.2) is 0 Å². The first-order valence-corrected chi connectivity index (χ1v) is 7.41. The van der Waals surface area contributed by atoms with Gasteiger partial charge in [0.2, 0.25) is 5.91 Å². The summed E-state index contributed by atoms with van der Waals surface area (Å²) < 4.78 is 5.05. The molecule has 2 amide bonds. The number of nitro groups is 1. The van der Waals surface area contributed by atoms with E-state index >= 15 is 0 Å². The van der Waals surface area contributed by atoms with Crippen molar-refractivity contribution in [3.05, 3.63) is 33.9 Å². The summed E-state index contributed by atoms with van der Waals surface area (Å²) in [4.78, 5) is 36.1. The summed E-state index contributed by atoms with van der Waals surface area (Å²) in [5.41, 5.74) is -0.112. The van der Waals surface area contributed by atoms with Crippen LogP contribution < -0.4 is 10.1 Å². The summed E-state index contributed by atoms with van der Waals surface area (Å²) in [6, 6.07) is 3.81. The molecule has 1 fully saturated rings. The zero-order valence-corrected chi connectivity index (χ0v) is 12.9. The molecule has 0 atom stereocenters. The van der Waals surface area contributed by atoms with E-state index in [1.807, 2.05) is 0 Å². The molecule has 1 aromatic rings. The highest BCUT2D eigenvalue weighted by molar-refractivity contribution is 5.97. The Morgan fingerprint density at radius 1 is 1.35 bits per heavy atom. The number of hydrogen-bond donors (Lipinski definition) is 1. The first-order chi connectivity index (χ1) is 11.0. The van der Waals surface area contributed by atoms with E-state index in [4.69, 9.17) is 4.74 Å². The number of carbonyl (C=O) groups is 2. The van der Waals surface area contributed by atoms with Gasteiger partial charge in [-0.05, 0) is 18.9 Å². The van der Waals surface area contributed by atoms with Crippen LogP contribution in [0.2, 0.25) is 0 Å². The maximum absolute atomic E-state index is 12.2. The van der Waals surface area contributed by atoms with E-state index < -0.39 is 10.8 Å². The maximum Gasteiger partial charge on any atom is 0.270 e. The third kappa shape index (κ3) is 4.18. The summed E-state index contributed by atoms with van der Waals surface area (Å²) in [7, 11) is 1.38. The lowest BCUT2D eigenvalue weighted by atomic mass is 10.1. The van der Waals surface area contributed by atoms with Crippen LogP contribution in [0.3, 0.4) is 0 Å². The second-order valence-corrected chi connectivity index (χ2v) is 5.24. The van der Waals surface area contributed by atoms with E-state index in [-0.39, 0.29) is 35.9 Å². The van der Waals surface area contributed by atoms with Crippen LogP contribution in [-0.4, -0.2) is 48.4 Å². The van der Waals surface area contributed by atoms with Crippen molar-refractivity contribution in [2.24, 2.45) is 0 Å². The highest BCUT2D eigenvalue weighted by Crippen LogP contribution is 2.23. The first kappa shape index (κ1) is 16.7. The minimum absolute atomic E-state index is 0.00815. The molecule has 124 valence electrons. The number of nitro benzene ring substituents is 1. The molecule has 0 bridgehead atoms. The van der Waals surface area contributed by atoms with E-state index in [9.17, 15) is 19.7 Å². The van der Waals surface area contributed by atoms with E-state index in [0.29, 0.717) is 0 Å². The lowest BCUT2D eigenvalue weighted by Crippen LogP contribution is -2.32. The zero-order valence-electron chi connectivity index (χ0n) is 12.9. The Labute approximate surface area is 133 Å². The predicted octanol–water partition coefficient (Wildman–Crippen LogP) is 1.35. The van der Waals surface area contributed by atoms with Crippen LogP contribution in [0, 0.1) is 10.1 Å². The third-order valence-electron chi connectivity index (χ3n) is 3.72. The molecule has 0 spiro atoms. The Bertz CT molecular complexity index is 611. The van der Waals surface area contributed by atoms with Gasteiger partial charge in [-0.1, -0.05) is 0 Å². The standard InChI is InChI=1S/C15H19N3O5/c1-23-13-5-4-11(18(21)22)10-12(13)15(20)16-7-6-14(19)17-8-2-3-9-17/h4-5,10H,2-3,6-9H2,1H3,(H,16,20). The Morgan fingerprint density at radius 2 is 2.04 bits per heavy atom. The topological polar surface area (TPSA) is 102 Å². The van der Waals surface area contributed by atoms with Crippen LogP contribution >= 0.6 is 0 Å². The maximum atomic E-state index is 12.2. The summed E-state index contributed by atoms with van der Waals surface area (Å²) in [6.07, 6.45) is 2.24. The number of nitrogens with one attached hydrogen (secondary N) is 1. The van der Waals surface area contributed by atoms with E-state index in [1.54, 1.807) is 4.90 Å². The van der Waals surface area contributed by atoms with E-state index in [0.717, 1.165) is 32.0 Å². The van der Waals surface area contributed by atoms with Gasteiger partial charge >= 0.3 is 0 Å². The minimum atomic E-state index is -0.576. The normalized spacial score (nSPS) is 13.7. The average Bonchev–Trinajstić information content (AvgIpc) is 3.08. The van der Waals surface area contributed by atoms with Gasteiger partial charge in [0.05, 0.1) is 17.6 Å². The number of amides is 2. The van der Waals surface area contributed by atoms with Gasteiger partial charge in [0.25, 0.3) is 11.6 Å². The second kappa shape index (κ2) is 7.57. The van der Waals surface area contributed by atoms with Crippen LogP contribution in [0.15, 0.2) is 18.2 Å². The van der Waals surface area contributed by atoms with Gasteiger partial charge in [-0.15, -0.1) is 0 Å². The molecule has 8 heteroatoms. The number of rotatable bonds is 6. The Balaban J connectivity index is 1.95. The van der Waals surface area contributed by atoms with Gasteiger partial charge < -0.3 is 15.0 Å². The summed E-state index contributed by atoms with van der Waals surface area (Å²) in [6.45, 7) is 1.72. The lowest BCUT2D eigenvalue weighted by Gasteiger charge is -2.15. The molecule has 0 aromatic heterocycles. The van der Waals surface area contributed by atoms with Gasteiger partial charge in [0, 0.05) is 38.2 Å². The molecule has 1 heterocycles.